The van der Waals surface area contributed by atoms with E-state index in [-0.39, 0.29) is 12.0 Å². The molecule has 0 aliphatic rings. The van der Waals surface area contributed by atoms with E-state index in [9.17, 15) is 0 Å². The molecule has 1 aromatic heterocycles. The molecule has 0 unspecified atom stereocenters. The van der Waals surface area contributed by atoms with E-state index >= 15 is 0 Å². The fourth-order valence-electron chi connectivity index (χ4n) is 0.997. The molecular weight excluding hydrogens is 226 g/mol. The summed E-state index contributed by atoms with van der Waals surface area (Å²) in [6.07, 6.45) is 0. The lowest BCUT2D eigenvalue weighted by atomic mass is 9.96. The van der Waals surface area contributed by atoms with Gasteiger partial charge in [-0.2, -0.15) is 4.37 Å². The molecule has 0 aliphatic carbocycles. The monoisotopic (exact) mass is 245 g/mol. The standard InChI is InChI=1S/C10H19N3O2S/c1-10(2,3)8-12-9(16-13-8)11-4-6-15-7-5-14/h14H,4-7H2,1-3H3,(H,11,12,13). The van der Waals surface area contributed by atoms with Crippen molar-refractivity contribution in [1.82, 2.24) is 9.36 Å². The molecule has 6 heteroatoms. The number of hydrogen-bond donors (Lipinski definition) is 2. The maximum absolute atomic E-state index is 8.51. The molecule has 1 rings (SSSR count). The summed E-state index contributed by atoms with van der Waals surface area (Å²) in [4.78, 5) is 4.39. The Labute approximate surface area is 100 Å². The first-order valence-corrected chi connectivity index (χ1v) is 6.08. The highest BCUT2D eigenvalue weighted by Gasteiger charge is 2.19. The smallest absolute Gasteiger partial charge is 0.202 e. The molecule has 0 saturated heterocycles. The summed E-state index contributed by atoms with van der Waals surface area (Å²) in [6.45, 7) is 7.94. The molecule has 0 saturated carbocycles. The molecule has 0 amide bonds. The summed E-state index contributed by atoms with van der Waals surface area (Å²) < 4.78 is 9.41. The van der Waals surface area contributed by atoms with Gasteiger partial charge in [-0.25, -0.2) is 4.98 Å². The van der Waals surface area contributed by atoms with Gasteiger partial charge in [-0.15, -0.1) is 0 Å². The average molecular weight is 245 g/mol. The van der Waals surface area contributed by atoms with Crippen LogP contribution >= 0.6 is 11.5 Å². The van der Waals surface area contributed by atoms with Crippen molar-refractivity contribution in [3.63, 3.8) is 0 Å². The number of hydrogen-bond acceptors (Lipinski definition) is 6. The third-order valence-electron chi connectivity index (χ3n) is 1.86. The predicted molar refractivity (Wildman–Crippen MR) is 65.0 cm³/mol. The normalized spacial score (nSPS) is 11.8. The molecule has 16 heavy (non-hydrogen) atoms. The summed E-state index contributed by atoms with van der Waals surface area (Å²) in [5.41, 5.74) is -0.0101. The van der Waals surface area contributed by atoms with Gasteiger partial charge >= 0.3 is 0 Å². The highest BCUT2D eigenvalue weighted by molar-refractivity contribution is 7.09. The Kier molecular flexibility index (Phi) is 5.11. The van der Waals surface area contributed by atoms with Gasteiger partial charge in [0.25, 0.3) is 0 Å². The highest BCUT2D eigenvalue weighted by atomic mass is 32.1. The predicted octanol–water partition coefficient (Wildman–Crippen LogP) is 1.26. The largest absolute Gasteiger partial charge is 0.394 e. The maximum Gasteiger partial charge on any atom is 0.202 e. The van der Waals surface area contributed by atoms with E-state index in [1.165, 1.54) is 11.5 Å². The van der Waals surface area contributed by atoms with E-state index in [0.29, 0.717) is 19.8 Å². The van der Waals surface area contributed by atoms with Crippen LogP contribution in [-0.2, 0) is 10.2 Å². The number of aliphatic hydroxyl groups excluding tert-OH is 1. The van der Waals surface area contributed by atoms with Crippen molar-refractivity contribution in [2.75, 3.05) is 31.7 Å². The van der Waals surface area contributed by atoms with E-state index in [4.69, 9.17) is 9.84 Å². The van der Waals surface area contributed by atoms with E-state index in [0.717, 1.165) is 11.0 Å². The van der Waals surface area contributed by atoms with E-state index in [2.05, 4.69) is 35.4 Å². The molecule has 0 spiro atoms. The number of aromatic nitrogens is 2. The lowest BCUT2D eigenvalue weighted by Gasteiger charge is -2.12. The number of nitrogens with zero attached hydrogens (tertiary/aromatic N) is 2. The van der Waals surface area contributed by atoms with Crippen LogP contribution in [0.3, 0.4) is 0 Å². The van der Waals surface area contributed by atoms with Gasteiger partial charge in [0.2, 0.25) is 5.13 Å². The van der Waals surface area contributed by atoms with Crippen molar-refractivity contribution in [1.29, 1.82) is 0 Å². The number of anilines is 1. The molecule has 1 heterocycles. The van der Waals surface area contributed by atoms with Crippen LogP contribution in [0.4, 0.5) is 5.13 Å². The summed E-state index contributed by atoms with van der Waals surface area (Å²) in [7, 11) is 0. The molecule has 5 nitrogen and oxygen atoms in total. The molecule has 0 bridgehead atoms. The summed E-state index contributed by atoms with van der Waals surface area (Å²) >= 11 is 1.36. The molecular formula is C10H19N3O2S. The molecule has 0 aliphatic heterocycles. The van der Waals surface area contributed by atoms with Crippen molar-refractivity contribution < 1.29 is 9.84 Å². The first-order chi connectivity index (χ1) is 7.54. The van der Waals surface area contributed by atoms with Gasteiger partial charge in [0.1, 0.15) is 5.82 Å². The van der Waals surface area contributed by atoms with Crippen LogP contribution < -0.4 is 5.32 Å². The van der Waals surface area contributed by atoms with Gasteiger partial charge in [0, 0.05) is 23.5 Å². The summed E-state index contributed by atoms with van der Waals surface area (Å²) in [6, 6.07) is 0. The third-order valence-corrected chi connectivity index (χ3v) is 2.53. The Bertz CT molecular complexity index is 309. The summed E-state index contributed by atoms with van der Waals surface area (Å²) in [5.74, 6) is 0.858. The minimum atomic E-state index is -0.0101. The topological polar surface area (TPSA) is 67.3 Å². The van der Waals surface area contributed by atoms with Crippen LogP contribution in [0, 0.1) is 0 Å². The zero-order chi connectivity index (χ0) is 12.0. The number of rotatable bonds is 6. The molecule has 0 aromatic carbocycles. The van der Waals surface area contributed by atoms with Gasteiger partial charge in [-0.1, -0.05) is 20.8 Å². The fourth-order valence-corrected chi connectivity index (χ4v) is 1.78. The van der Waals surface area contributed by atoms with Gasteiger partial charge in [0.05, 0.1) is 19.8 Å². The maximum atomic E-state index is 8.51. The minimum absolute atomic E-state index is 0.0101. The van der Waals surface area contributed by atoms with Crippen molar-refractivity contribution in [3.8, 4) is 0 Å². The van der Waals surface area contributed by atoms with Crippen LogP contribution in [0.25, 0.3) is 0 Å². The molecule has 92 valence electrons. The van der Waals surface area contributed by atoms with Gasteiger partial charge in [0.15, 0.2) is 0 Å². The second-order valence-corrected chi connectivity index (χ2v) is 5.19. The number of ether oxygens (including phenoxy) is 1. The quantitative estimate of drug-likeness (QED) is 0.738. The highest BCUT2D eigenvalue weighted by Crippen LogP contribution is 2.22. The Morgan fingerprint density at radius 2 is 2.12 bits per heavy atom. The second kappa shape index (κ2) is 6.12. The Hall–Kier alpha value is -0.720. The van der Waals surface area contributed by atoms with Gasteiger partial charge < -0.3 is 15.2 Å². The molecule has 0 fully saturated rings. The SMILES string of the molecule is CC(C)(C)c1nsc(NCCOCCO)n1. The van der Waals surface area contributed by atoms with Gasteiger partial charge in [-0.05, 0) is 0 Å². The van der Waals surface area contributed by atoms with Crippen molar-refractivity contribution in [2.45, 2.75) is 26.2 Å². The lowest BCUT2D eigenvalue weighted by Crippen LogP contribution is -2.14. The summed E-state index contributed by atoms with van der Waals surface area (Å²) in [5, 5.41) is 12.5. The average Bonchev–Trinajstić information content (AvgIpc) is 2.65. The molecule has 0 radical (unpaired) electrons. The van der Waals surface area contributed by atoms with Gasteiger partial charge in [-0.3, -0.25) is 0 Å². The first kappa shape index (κ1) is 13.3. The lowest BCUT2D eigenvalue weighted by molar-refractivity contribution is 0.0992. The van der Waals surface area contributed by atoms with Crippen LogP contribution in [0.5, 0.6) is 0 Å². The Morgan fingerprint density at radius 1 is 1.38 bits per heavy atom. The second-order valence-electron chi connectivity index (χ2n) is 4.44. The van der Waals surface area contributed by atoms with Crippen LogP contribution in [-0.4, -0.2) is 40.8 Å². The van der Waals surface area contributed by atoms with E-state index in [1.807, 2.05) is 0 Å². The van der Waals surface area contributed by atoms with Crippen LogP contribution in [0.2, 0.25) is 0 Å². The number of aliphatic hydroxyl groups is 1. The zero-order valence-electron chi connectivity index (χ0n) is 9.99. The Balaban J connectivity index is 2.30. The molecule has 2 N–H and O–H groups in total. The third kappa shape index (κ3) is 4.42. The molecule has 1 aromatic rings. The fraction of sp³-hybridized carbons (Fsp3) is 0.800. The van der Waals surface area contributed by atoms with Crippen LogP contribution in [0.15, 0.2) is 0 Å². The minimum Gasteiger partial charge on any atom is -0.394 e. The van der Waals surface area contributed by atoms with E-state index in [1.54, 1.807) is 0 Å². The van der Waals surface area contributed by atoms with Crippen molar-refractivity contribution >= 4 is 16.7 Å². The number of nitrogens with one attached hydrogen (secondary N) is 1. The first-order valence-electron chi connectivity index (χ1n) is 5.30. The van der Waals surface area contributed by atoms with Crippen molar-refractivity contribution in [2.24, 2.45) is 0 Å². The zero-order valence-corrected chi connectivity index (χ0v) is 10.8. The molecule has 0 atom stereocenters. The van der Waals surface area contributed by atoms with Crippen molar-refractivity contribution in [3.05, 3.63) is 5.82 Å². The van der Waals surface area contributed by atoms with E-state index < -0.39 is 0 Å². The Morgan fingerprint density at radius 3 is 2.69 bits per heavy atom. The van der Waals surface area contributed by atoms with Crippen LogP contribution in [0.1, 0.15) is 26.6 Å².